The molecule has 2 rings (SSSR count). The largest absolute Gasteiger partial charge is 0.454 e. The minimum atomic E-state index is -0.904. The van der Waals surface area contributed by atoms with Gasteiger partial charge in [0.2, 0.25) is 0 Å². The lowest BCUT2D eigenvalue weighted by Gasteiger charge is -2.09. The lowest BCUT2D eigenvalue weighted by molar-refractivity contribution is -0.384. The molecule has 0 aliphatic rings. The van der Waals surface area contributed by atoms with Crippen LogP contribution in [-0.4, -0.2) is 35.9 Å². The lowest BCUT2D eigenvalue weighted by atomic mass is 10.2. The molecular formula is C17H13ClFN3O6. The molecule has 11 heteroatoms. The highest BCUT2D eigenvalue weighted by Gasteiger charge is 2.14. The molecular weight excluding hydrogens is 397 g/mol. The van der Waals surface area contributed by atoms with Crippen LogP contribution in [0.25, 0.3) is 0 Å². The molecule has 2 aromatic rings. The number of hydrogen-bond donors (Lipinski definition) is 2. The maximum Gasteiger partial charge on any atom is 0.325 e. The van der Waals surface area contributed by atoms with Gasteiger partial charge in [0.15, 0.2) is 6.61 Å². The molecule has 0 unspecified atom stereocenters. The summed E-state index contributed by atoms with van der Waals surface area (Å²) >= 11 is 5.76. The fourth-order valence-corrected chi connectivity index (χ4v) is 2.20. The maximum absolute atomic E-state index is 12.9. The van der Waals surface area contributed by atoms with Crippen molar-refractivity contribution in [2.45, 2.75) is 0 Å². The third-order valence-electron chi connectivity index (χ3n) is 3.28. The predicted molar refractivity (Wildman–Crippen MR) is 96.4 cm³/mol. The first-order valence-electron chi connectivity index (χ1n) is 7.69. The summed E-state index contributed by atoms with van der Waals surface area (Å²) in [7, 11) is 0. The molecule has 0 aliphatic carbocycles. The lowest BCUT2D eigenvalue weighted by Crippen LogP contribution is -2.32. The van der Waals surface area contributed by atoms with Crippen molar-refractivity contribution in [2.75, 3.05) is 18.5 Å². The smallest absolute Gasteiger partial charge is 0.325 e. The number of esters is 1. The van der Waals surface area contributed by atoms with Crippen molar-refractivity contribution in [1.29, 1.82) is 0 Å². The van der Waals surface area contributed by atoms with Crippen LogP contribution in [0.15, 0.2) is 42.5 Å². The quantitative estimate of drug-likeness (QED) is 0.410. The zero-order valence-electron chi connectivity index (χ0n) is 14.1. The molecule has 0 saturated heterocycles. The molecule has 2 N–H and O–H groups in total. The average Bonchev–Trinajstić information content (AvgIpc) is 2.66. The van der Waals surface area contributed by atoms with Crippen LogP contribution in [0.5, 0.6) is 0 Å². The molecule has 0 aliphatic heterocycles. The van der Waals surface area contributed by atoms with Gasteiger partial charge in [0.05, 0.1) is 15.6 Å². The first kappa shape index (κ1) is 20.8. The number of nitrogens with zero attached hydrogens (tertiary/aromatic N) is 1. The number of nitro benzene ring substituents is 1. The van der Waals surface area contributed by atoms with Crippen LogP contribution in [0.2, 0.25) is 5.02 Å². The molecule has 0 aromatic heterocycles. The summed E-state index contributed by atoms with van der Waals surface area (Å²) in [6.07, 6.45) is 0. The Labute approximate surface area is 162 Å². The van der Waals surface area contributed by atoms with E-state index in [9.17, 15) is 28.9 Å². The van der Waals surface area contributed by atoms with E-state index in [-0.39, 0.29) is 22.0 Å². The Kier molecular flexibility index (Phi) is 6.99. The number of non-ortho nitro benzene ring substituents is 1. The number of nitro groups is 1. The van der Waals surface area contributed by atoms with E-state index >= 15 is 0 Å². The molecule has 2 aromatic carbocycles. The van der Waals surface area contributed by atoms with Crippen molar-refractivity contribution in [3.63, 3.8) is 0 Å². The number of anilines is 1. The number of halogens is 2. The molecule has 2 amide bonds. The van der Waals surface area contributed by atoms with Gasteiger partial charge in [0, 0.05) is 17.7 Å². The summed E-state index contributed by atoms with van der Waals surface area (Å²) in [6.45, 7) is -1.20. The van der Waals surface area contributed by atoms with Gasteiger partial charge in [-0.2, -0.15) is 0 Å². The van der Waals surface area contributed by atoms with Gasteiger partial charge in [-0.1, -0.05) is 17.7 Å². The van der Waals surface area contributed by atoms with Gasteiger partial charge in [0.25, 0.3) is 17.5 Å². The summed E-state index contributed by atoms with van der Waals surface area (Å²) in [5, 5.41) is 15.2. The number of rotatable bonds is 7. The molecule has 0 radical (unpaired) electrons. The minimum Gasteiger partial charge on any atom is -0.454 e. The second kappa shape index (κ2) is 9.42. The molecule has 9 nitrogen and oxygen atoms in total. The Morgan fingerprint density at radius 1 is 1.18 bits per heavy atom. The Bertz CT molecular complexity index is 937. The summed E-state index contributed by atoms with van der Waals surface area (Å²) in [5.41, 5.74) is -0.139. The number of amides is 2. The van der Waals surface area contributed by atoms with Gasteiger partial charge in [-0.3, -0.25) is 24.5 Å². The van der Waals surface area contributed by atoms with E-state index in [0.29, 0.717) is 0 Å². The molecule has 0 saturated carbocycles. The Morgan fingerprint density at radius 3 is 2.61 bits per heavy atom. The summed E-state index contributed by atoms with van der Waals surface area (Å²) in [6, 6.07) is 8.29. The Balaban J connectivity index is 1.79. The van der Waals surface area contributed by atoms with Crippen molar-refractivity contribution in [2.24, 2.45) is 0 Å². The van der Waals surface area contributed by atoms with Crippen molar-refractivity contribution in [3.8, 4) is 0 Å². The summed E-state index contributed by atoms with van der Waals surface area (Å²) in [4.78, 5) is 45.3. The zero-order chi connectivity index (χ0) is 20.7. The molecule has 28 heavy (non-hydrogen) atoms. The average molecular weight is 410 g/mol. The van der Waals surface area contributed by atoms with E-state index in [1.807, 2.05) is 0 Å². The van der Waals surface area contributed by atoms with Gasteiger partial charge < -0.3 is 15.4 Å². The van der Waals surface area contributed by atoms with Crippen molar-refractivity contribution >= 4 is 40.8 Å². The highest BCUT2D eigenvalue weighted by Crippen LogP contribution is 2.22. The van der Waals surface area contributed by atoms with Gasteiger partial charge >= 0.3 is 5.97 Å². The van der Waals surface area contributed by atoms with Crippen LogP contribution in [0.3, 0.4) is 0 Å². The zero-order valence-corrected chi connectivity index (χ0v) is 14.9. The number of nitrogens with one attached hydrogen (secondary N) is 2. The van der Waals surface area contributed by atoms with E-state index in [2.05, 4.69) is 10.6 Å². The number of carbonyl (C=O) groups excluding carboxylic acids is 3. The van der Waals surface area contributed by atoms with Crippen LogP contribution < -0.4 is 10.6 Å². The fraction of sp³-hybridized carbons (Fsp3) is 0.118. The van der Waals surface area contributed by atoms with E-state index in [4.69, 9.17) is 16.3 Å². The molecule has 0 heterocycles. The molecule has 0 bridgehead atoms. The molecule has 0 fully saturated rings. The second-order valence-electron chi connectivity index (χ2n) is 5.32. The van der Waals surface area contributed by atoms with E-state index in [1.165, 1.54) is 24.3 Å². The number of carbonyl (C=O) groups is 3. The maximum atomic E-state index is 12.9. The summed E-state index contributed by atoms with van der Waals surface area (Å²) in [5.74, 6) is -2.91. The standard InChI is InChI=1S/C17H13ClFN3O6/c18-13-7-11(19)4-5-14(13)21-15(23)9-28-16(24)8-20-17(25)10-2-1-3-12(6-10)22(26)27/h1-7H,8-9H2,(H,20,25)(H,21,23). The first-order valence-corrected chi connectivity index (χ1v) is 8.07. The third-order valence-corrected chi connectivity index (χ3v) is 3.59. The third kappa shape index (κ3) is 6.02. The van der Waals surface area contributed by atoms with E-state index in [1.54, 1.807) is 0 Å². The number of benzene rings is 2. The number of hydrogen-bond acceptors (Lipinski definition) is 6. The van der Waals surface area contributed by atoms with Crippen LogP contribution in [0.4, 0.5) is 15.8 Å². The topological polar surface area (TPSA) is 128 Å². The van der Waals surface area contributed by atoms with Crippen molar-refractivity contribution < 1.29 is 28.4 Å². The molecule has 0 atom stereocenters. The Hall–Kier alpha value is -3.53. The monoisotopic (exact) mass is 409 g/mol. The normalized spacial score (nSPS) is 10.1. The van der Waals surface area contributed by atoms with Gasteiger partial charge in [0.1, 0.15) is 12.4 Å². The van der Waals surface area contributed by atoms with E-state index in [0.717, 1.165) is 18.2 Å². The van der Waals surface area contributed by atoms with Crippen molar-refractivity contribution in [3.05, 3.63) is 69.0 Å². The first-order chi connectivity index (χ1) is 13.3. The Morgan fingerprint density at radius 2 is 1.93 bits per heavy atom. The fourth-order valence-electron chi connectivity index (χ4n) is 1.99. The number of ether oxygens (including phenoxy) is 1. The van der Waals surface area contributed by atoms with Gasteiger partial charge in [-0.15, -0.1) is 0 Å². The van der Waals surface area contributed by atoms with Gasteiger partial charge in [-0.05, 0) is 24.3 Å². The molecule has 146 valence electrons. The summed E-state index contributed by atoms with van der Waals surface area (Å²) < 4.78 is 17.6. The predicted octanol–water partition coefficient (Wildman–Crippen LogP) is 2.30. The van der Waals surface area contributed by atoms with Gasteiger partial charge in [-0.25, -0.2) is 4.39 Å². The second-order valence-corrected chi connectivity index (χ2v) is 5.73. The SMILES string of the molecule is O=C(COC(=O)CNC(=O)c1cccc([N+](=O)[O-])c1)Nc1ccc(F)cc1Cl. The van der Waals surface area contributed by atoms with Crippen LogP contribution in [0, 0.1) is 15.9 Å². The minimum absolute atomic E-state index is 0.00862. The van der Waals surface area contributed by atoms with E-state index < -0.39 is 41.7 Å². The van der Waals surface area contributed by atoms with Crippen LogP contribution >= 0.6 is 11.6 Å². The highest BCUT2D eigenvalue weighted by molar-refractivity contribution is 6.33. The highest BCUT2D eigenvalue weighted by atomic mass is 35.5. The van der Waals surface area contributed by atoms with Crippen LogP contribution in [-0.2, 0) is 14.3 Å². The van der Waals surface area contributed by atoms with Crippen molar-refractivity contribution in [1.82, 2.24) is 5.32 Å². The molecule has 0 spiro atoms. The van der Waals surface area contributed by atoms with Crippen LogP contribution in [0.1, 0.15) is 10.4 Å².